The second kappa shape index (κ2) is 7.28. The van der Waals surface area contributed by atoms with Crippen molar-refractivity contribution in [2.45, 2.75) is 26.2 Å². The Morgan fingerprint density at radius 2 is 1.90 bits per heavy atom. The van der Waals surface area contributed by atoms with E-state index in [0.717, 1.165) is 24.9 Å². The molecule has 1 aromatic rings. The number of nitrogens with two attached hydrogens (primary N) is 1. The first-order valence-corrected chi connectivity index (χ1v) is 8.19. The summed E-state index contributed by atoms with van der Waals surface area (Å²) >= 11 is 0. The number of anilines is 1. The number of hydrogen-bond acceptors (Lipinski definition) is 3. The van der Waals surface area contributed by atoms with E-state index in [9.17, 15) is 0 Å². The van der Waals surface area contributed by atoms with Crippen LogP contribution in [0.4, 0.5) is 5.69 Å². The fraction of sp³-hybridized carbons (Fsp3) is 0.667. The second-order valence-corrected chi connectivity index (χ2v) is 7.09. The minimum absolute atomic E-state index is 0.433. The lowest BCUT2D eigenvalue weighted by molar-refractivity contribution is 0.134. The maximum absolute atomic E-state index is 6.08. The number of piperidine rings is 1. The van der Waals surface area contributed by atoms with Gasteiger partial charge in [0.2, 0.25) is 0 Å². The lowest BCUT2D eigenvalue weighted by Gasteiger charge is -2.37. The van der Waals surface area contributed by atoms with E-state index in [1.54, 1.807) is 0 Å². The van der Waals surface area contributed by atoms with Gasteiger partial charge in [0, 0.05) is 51.9 Å². The van der Waals surface area contributed by atoms with Crippen molar-refractivity contribution in [3.8, 4) is 0 Å². The van der Waals surface area contributed by atoms with Crippen molar-refractivity contribution in [2.75, 3.05) is 45.2 Å². The van der Waals surface area contributed by atoms with Crippen molar-refractivity contribution in [3.63, 3.8) is 0 Å². The lowest BCUT2D eigenvalue weighted by atomic mass is 9.90. The van der Waals surface area contributed by atoms with Crippen LogP contribution in [0.3, 0.4) is 0 Å². The summed E-state index contributed by atoms with van der Waals surface area (Å²) < 4.78 is 0. The van der Waals surface area contributed by atoms with Gasteiger partial charge >= 0.3 is 0 Å². The predicted molar refractivity (Wildman–Crippen MR) is 91.9 cm³/mol. The topological polar surface area (TPSA) is 32.5 Å². The molecule has 1 fully saturated rings. The number of benzene rings is 1. The van der Waals surface area contributed by atoms with Crippen LogP contribution in [0.15, 0.2) is 24.3 Å². The molecule has 2 rings (SSSR count). The summed E-state index contributed by atoms with van der Waals surface area (Å²) in [6, 6.07) is 8.81. The molecule has 1 aliphatic heterocycles. The van der Waals surface area contributed by atoms with Crippen molar-refractivity contribution in [1.29, 1.82) is 0 Å². The van der Waals surface area contributed by atoms with Crippen molar-refractivity contribution >= 4 is 5.69 Å². The number of rotatable bonds is 5. The maximum atomic E-state index is 6.08. The van der Waals surface area contributed by atoms with E-state index in [-0.39, 0.29) is 0 Å². The minimum Gasteiger partial charge on any atom is -0.378 e. The molecule has 3 unspecified atom stereocenters. The summed E-state index contributed by atoms with van der Waals surface area (Å²) in [5.74, 6) is 2.04. The molecule has 3 heteroatoms. The zero-order valence-corrected chi connectivity index (χ0v) is 14.0. The third-order valence-electron chi connectivity index (χ3n) is 4.57. The molecule has 2 N–H and O–H groups in total. The largest absolute Gasteiger partial charge is 0.378 e. The van der Waals surface area contributed by atoms with E-state index in [1.165, 1.54) is 30.8 Å². The first kappa shape index (κ1) is 16.3. The molecule has 3 atom stereocenters. The third kappa shape index (κ3) is 4.45. The van der Waals surface area contributed by atoms with Gasteiger partial charge in [-0.1, -0.05) is 26.0 Å². The van der Waals surface area contributed by atoms with Gasteiger partial charge in [0.1, 0.15) is 0 Å². The van der Waals surface area contributed by atoms with Crippen LogP contribution in [-0.4, -0.2) is 45.2 Å². The Balaban J connectivity index is 2.07. The van der Waals surface area contributed by atoms with Gasteiger partial charge < -0.3 is 15.5 Å². The van der Waals surface area contributed by atoms with Gasteiger partial charge in [-0.15, -0.1) is 0 Å². The molecule has 0 radical (unpaired) electrons. The maximum Gasteiger partial charge on any atom is 0.0363 e. The van der Waals surface area contributed by atoms with Gasteiger partial charge in [0.05, 0.1) is 0 Å². The smallest absolute Gasteiger partial charge is 0.0363 e. The van der Waals surface area contributed by atoms with Crippen LogP contribution < -0.4 is 10.6 Å². The summed E-state index contributed by atoms with van der Waals surface area (Å²) in [5, 5.41) is 0. The van der Waals surface area contributed by atoms with Crippen LogP contribution in [0.1, 0.15) is 31.7 Å². The summed E-state index contributed by atoms with van der Waals surface area (Å²) in [5.41, 5.74) is 8.70. The van der Waals surface area contributed by atoms with Gasteiger partial charge in [0.25, 0.3) is 0 Å². The Labute approximate surface area is 130 Å². The van der Waals surface area contributed by atoms with Crippen LogP contribution in [0.25, 0.3) is 0 Å². The van der Waals surface area contributed by atoms with Gasteiger partial charge in [-0.25, -0.2) is 0 Å². The third-order valence-corrected chi connectivity index (χ3v) is 4.57. The Morgan fingerprint density at radius 1 is 1.24 bits per heavy atom. The molecule has 0 aromatic heterocycles. The quantitative estimate of drug-likeness (QED) is 0.904. The SMILES string of the molecule is CC1CC(C)CN(CC(CN)c2cccc(N(C)C)c2)C1. The number of hydrogen-bond donors (Lipinski definition) is 1. The van der Waals surface area contributed by atoms with Gasteiger partial charge in [-0.3, -0.25) is 0 Å². The molecule has 0 aliphatic carbocycles. The van der Waals surface area contributed by atoms with Crippen molar-refractivity contribution in [2.24, 2.45) is 17.6 Å². The lowest BCUT2D eigenvalue weighted by Crippen LogP contribution is -2.42. The Bertz CT molecular complexity index is 434. The number of likely N-dealkylation sites (tertiary alicyclic amines) is 1. The van der Waals surface area contributed by atoms with Crippen LogP contribution in [0.5, 0.6) is 0 Å². The fourth-order valence-corrected chi connectivity index (χ4v) is 3.63. The van der Waals surface area contributed by atoms with E-state index in [1.807, 2.05) is 0 Å². The first-order chi connectivity index (χ1) is 9.99. The molecule has 21 heavy (non-hydrogen) atoms. The predicted octanol–water partition coefficient (Wildman–Crippen LogP) is 2.77. The van der Waals surface area contributed by atoms with Crippen LogP contribution in [0.2, 0.25) is 0 Å². The highest BCUT2D eigenvalue weighted by Crippen LogP contribution is 2.25. The number of nitrogens with zero attached hydrogens (tertiary/aromatic N) is 2. The van der Waals surface area contributed by atoms with Crippen LogP contribution in [0, 0.1) is 11.8 Å². The summed E-state index contributed by atoms with van der Waals surface area (Å²) in [6.45, 7) is 8.97. The average Bonchev–Trinajstić information content (AvgIpc) is 2.44. The minimum atomic E-state index is 0.433. The molecule has 1 aromatic carbocycles. The van der Waals surface area contributed by atoms with Crippen molar-refractivity contribution in [1.82, 2.24) is 4.90 Å². The van der Waals surface area contributed by atoms with Crippen LogP contribution >= 0.6 is 0 Å². The van der Waals surface area contributed by atoms with E-state index in [0.29, 0.717) is 5.92 Å². The molecule has 0 bridgehead atoms. The molecule has 0 spiro atoms. The van der Waals surface area contributed by atoms with Crippen molar-refractivity contribution < 1.29 is 0 Å². The first-order valence-electron chi connectivity index (χ1n) is 8.19. The fourth-order valence-electron chi connectivity index (χ4n) is 3.63. The highest BCUT2D eigenvalue weighted by Gasteiger charge is 2.24. The Hall–Kier alpha value is -1.06. The highest BCUT2D eigenvalue weighted by atomic mass is 15.1. The van der Waals surface area contributed by atoms with Gasteiger partial charge in [0.15, 0.2) is 0 Å². The molecular formula is C18H31N3. The second-order valence-electron chi connectivity index (χ2n) is 7.09. The highest BCUT2D eigenvalue weighted by molar-refractivity contribution is 5.48. The van der Waals surface area contributed by atoms with E-state index < -0.39 is 0 Å². The normalized spacial score (nSPS) is 24.8. The summed E-state index contributed by atoms with van der Waals surface area (Å²) in [6.07, 6.45) is 1.36. The monoisotopic (exact) mass is 289 g/mol. The van der Waals surface area contributed by atoms with E-state index in [2.05, 4.69) is 62.0 Å². The molecule has 1 heterocycles. The summed E-state index contributed by atoms with van der Waals surface area (Å²) in [7, 11) is 4.18. The summed E-state index contributed by atoms with van der Waals surface area (Å²) in [4.78, 5) is 4.76. The van der Waals surface area contributed by atoms with Gasteiger partial charge in [-0.2, -0.15) is 0 Å². The zero-order chi connectivity index (χ0) is 15.4. The molecule has 1 saturated heterocycles. The molecule has 118 valence electrons. The average molecular weight is 289 g/mol. The Morgan fingerprint density at radius 3 is 2.48 bits per heavy atom. The van der Waals surface area contributed by atoms with Crippen LogP contribution in [-0.2, 0) is 0 Å². The van der Waals surface area contributed by atoms with Gasteiger partial charge in [-0.05, 0) is 36.0 Å². The molecule has 0 amide bonds. The molecule has 0 saturated carbocycles. The standard InChI is InChI=1S/C18H31N3/c1-14-8-15(2)12-21(11-14)13-17(10-19)16-6-5-7-18(9-16)20(3)4/h5-7,9,14-15,17H,8,10-13,19H2,1-4H3. The molecular weight excluding hydrogens is 258 g/mol. The molecule has 1 aliphatic rings. The molecule has 3 nitrogen and oxygen atoms in total. The van der Waals surface area contributed by atoms with E-state index in [4.69, 9.17) is 5.73 Å². The van der Waals surface area contributed by atoms with Crippen molar-refractivity contribution in [3.05, 3.63) is 29.8 Å². The van der Waals surface area contributed by atoms with E-state index >= 15 is 0 Å². The zero-order valence-electron chi connectivity index (χ0n) is 14.0. The Kier molecular flexibility index (Phi) is 5.65.